The first-order valence-electron chi connectivity index (χ1n) is 13.2. The van der Waals surface area contributed by atoms with Crippen molar-refractivity contribution in [3.8, 4) is 0 Å². The molecule has 0 aliphatic heterocycles. The Morgan fingerprint density at radius 2 is 1.89 bits per heavy atom. The minimum Gasteiger partial charge on any atom is -0.393 e. The Labute approximate surface area is 223 Å². The van der Waals surface area contributed by atoms with Gasteiger partial charge in [-0.1, -0.05) is 50.2 Å². The Balaban J connectivity index is 0.00000148. The lowest BCUT2D eigenvalue weighted by molar-refractivity contribution is 0.0468. The van der Waals surface area contributed by atoms with Gasteiger partial charge in [-0.2, -0.15) is 0 Å². The van der Waals surface area contributed by atoms with Gasteiger partial charge in [-0.05, 0) is 115 Å². The van der Waals surface area contributed by atoms with Crippen LogP contribution in [-0.4, -0.2) is 22.1 Å². The van der Waals surface area contributed by atoms with Gasteiger partial charge in [0.15, 0.2) is 0 Å². The van der Waals surface area contributed by atoms with Crippen LogP contribution in [0.4, 0.5) is 5.69 Å². The van der Waals surface area contributed by atoms with Crippen LogP contribution in [0, 0.1) is 12.8 Å². The van der Waals surface area contributed by atoms with Gasteiger partial charge in [-0.25, -0.2) is 4.98 Å². The largest absolute Gasteiger partial charge is 0.393 e. The molecule has 0 saturated heterocycles. The van der Waals surface area contributed by atoms with Crippen LogP contribution in [0.2, 0.25) is 0 Å². The molecular weight excluding hydrogens is 512 g/mol. The van der Waals surface area contributed by atoms with Gasteiger partial charge in [0, 0.05) is 11.0 Å². The van der Waals surface area contributed by atoms with Crippen LogP contribution in [0.3, 0.4) is 0 Å². The smallest absolute Gasteiger partial charge is 0.255 e. The van der Waals surface area contributed by atoms with Crippen molar-refractivity contribution >= 4 is 27.5 Å². The number of pyridine rings is 1. The number of amides is 1. The molecule has 3 unspecified atom stereocenters. The first-order chi connectivity index (χ1) is 17.4. The summed E-state index contributed by atoms with van der Waals surface area (Å²) >= 11 is 3.38. The number of aliphatic hydroxyl groups is 1. The van der Waals surface area contributed by atoms with Crippen molar-refractivity contribution in [2.24, 2.45) is 5.92 Å². The highest BCUT2D eigenvalue weighted by molar-refractivity contribution is 9.10. The minimum atomic E-state index is -0.205. The van der Waals surface area contributed by atoms with Gasteiger partial charge in [-0.15, -0.1) is 0 Å². The Morgan fingerprint density at radius 3 is 2.64 bits per heavy atom. The average molecular weight is 550 g/mol. The van der Waals surface area contributed by atoms with E-state index in [4.69, 9.17) is 0 Å². The summed E-state index contributed by atoms with van der Waals surface area (Å²) in [5.74, 6) is 0.348. The quantitative estimate of drug-likeness (QED) is 0.333. The van der Waals surface area contributed by atoms with Crippen LogP contribution in [0.25, 0.3) is 0 Å². The third-order valence-corrected chi connectivity index (χ3v) is 8.27. The van der Waals surface area contributed by atoms with E-state index in [-0.39, 0.29) is 17.4 Å². The lowest BCUT2D eigenvalue weighted by Crippen LogP contribution is -2.43. The number of carbonyl (C=O) groups is 1. The second-order valence-electron chi connectivity index (χ2n) is 9.93. The summed E-state index contributed by atoms with van der Waals surface area (Å²) in [7, 11) is 0. The first kappa shape index (κ1) is 26.6. The van der Waals surface area contributed by atoms with Crippen molar-refractivity contribution in [1.29, 1.82) is 0 Å². The molecule has 5 rings (SSSR count). The lowest BCUT2D eigenvalue weighted by Gasteiger charge is -2.46. The molecule has 5 heteroatoms. The zero-order valence-corrected chi connectivity index (χ0v) is 23.1. The standard InChI is InChI=1S/C29H31BrN2O2.C2H6/c1-19-26(12-13-27(30)31-19)32-28(34)22-10-11-25-21(16-22)8-5-9-23-17-24(33)14-15-29(23,25)18-20-6-3-2-4-7-20;1-2/h2-4,6-7,10-13,16,23-24,33H,5,8-9,14-15,17-18H2,1H3,(H,32,34);1-2H3. The van der Waals surface area contributed by atoms with Gasteiger partial charge in [-0.3, -0.25) is 4.79 Å². The van der Waals surface area contributed by atoms with Gasteiger partial charge in [0.1, 0.15) is 4.60 Å². The van der Waals surface area contributed by atoms with Gasteiger partial charge >= 0.3 is 0 Å². The third kappa shape index (κ3) is 5.57. The normalized spacial score (nSPS) is 22.8. The molecule has 4 nitrogen and oxygen atoms in total. The van der Waals surface area contributed by atoms with Crippen LogP contribution in [-0.2, 0) is 18.3 Å². The molecule has 3 atom stereocenters. The lowest BCUT2D eigenvalue weighted by atomic mass is 9.58. The van der Waals surface area contributed by atoms with Crippen molar-refractivity contribution < 1.29 is 9.90 Å². The van der Waals surface area contributed by atoms with Gasteiger partial charge in [0.05, 0.1) is 17.5 Å². The number of aromatic nitrogens is 1. The Kier molecular flexibility index (Phi) is 8.63. The van der Waals surface area contributed by atoms with Crippen molar-refractivity contribution in [2.75, 3.05) is 5.32 Å². The fourth-order valence-corrected chi connectivity index (χ4v) is 6.56. The van der Waals surface area contributed by atoms with E-state index in [1.165, 1.54) is 16.7 Å². The van der Waals surface area contributed by atoms with Crippen LogP contribution >= 0.6 is 15.9 Å². The number of benzene rings is 2. The molecule has 2 N–H and O–H groups in total. The highest BCUT2D eigenvalue weighted by Gasteiger charge is 2.46. The van der Waals surface area contributed by atoms with Crippen LogP contribution in [0.1, 0.15) is 78.7 Å². The number of rotatable bonds is 4. The summed E-state index contributed by atoms with van der Waals surface area (Å²) in [5, 5.41) is 13.5. The highest BCUT2D eigenvalue weighted by atomic mass is 79.9. The number of nitrogens with zero attached hydrogens (tertiary/aromatic N) is 1. The van der Waals surface area contributed by atoms with Gasteiger partial charge < -0.3 is 10.4 Å². The molecule has 190 valence electrons. The molecule has 36 heavy (non-hydrogen) atoms. The molecule has 0 radical (unpaired) electrons. The summed E-state index contributed by atoms with van der Waals surface area (Å²) in [6, 6.07) is 20.7. The maximum atomic E-state index is 13.1. The number of anilines is 1. The molecule has 1 aromatic heterocycles. The molecule has 0 bridgehead atoms. The summed E-state index contributed by atoms with van der Waals surface area (Å²) in [6.45, 7) is 5.89. The van der Waals surface area contributed by atoms with Crippen LogP contribution < -0.4 is 5.32 Å². The van der Waals surface area contributed by atoms with Crippen LogP contribution in [0.15, 0.2) is 65.3 Å². The van der Waals surface area contributed by atoms with Crippen LogP contribution in [0.5, 0.6) is 0 Å². The third-order valence-electron chi connectivity index (χ3n) is 7.83. The maximum absolute atomic E-state index is 13.1. The molecule has 2 aliphatic rings. The predicted octanol–water partition coefficient (Wildman–Crippen LogP) is 7.41. The molecule has 2 aromatic carbocycles. The van der Waals surface area contributed by atoms with E-state index in [2.05, 4.69) is 68.7 Å². The fourth-order valence-electron chi connectivity index (χ4n) is 6.16. The fraction of sp³-hybridized carbons (Fsp3) is 0.419. The van der Waals surface area contributed by atoms with E-state index >= 15 is 0 Å². The number of aliphatic hydroxyl groups excluding tert-OH is 1. The topological polar surface area (TPSA) is 62.2 Å². The Hall–Kier alpha value is -2.50. The summed E-state index contributed by atoms with van der Waals surface area (Å²) < 4.78 is 0.754. The molecule has 1 fully saturated rings. The maximum Gasteiger partial charge on any atom is 0.255 e. The number of carbonyl (C=O) groups excluding carboxylic acids is 1. The Bertz CT molecular complexity index is 1200. The van der Waals surface area contributed by atoms with E-state index < -0.39 is 0 Å². The molecule has 1 heterocycles. The zero-order valence-electron chi connectivity index (χ0n) is 21.6. The molecule has 0 spiro atoms. The molecule has 2 aliphatic carbocycles. The van der Waals surface area contributed by atoms with E-state index in [1.54, 1.807) is 0 Å². The second kappa shape index (κ2) is 11.7. The Morgan fingerprint density at radius 1 is 1.11 bits per heavy atom. The average Bonchev–Trinajstić information content (AvgIpc) is 3.04. The summed E-state index contributed by atoms with van der Waals surface area (Å²) in [5.41, 5.74) is 6.21. The highest BCUT2D eigenvalue weighted by Crippen LogP contribution is 2.51. The van der Waals surface area contributed by atoms with E-state index in [1.807, 2.05) is 39.0 Å². The molecular formula is C31H37BrN2O2. The van der Waals surface area contributed by atoms with E-state index in [9.17, 15) is 9.90 Å². The second-order valence-corrected chi connectivity index (χ2v) is 10.7. The van der Waals surface area contributed by atoms with Crippen molar-refractivity contribution in [3.63, 3.8) is 0 Å². The number of aryl methyl sites for hydroxylation is 2. The minimum absolute atomic E-state index is 0.00758. The number of hydrogen-bond donors (Lipinski definition) is 2. The van der Waals surface area contributed by atoms with Gasteiger partial charge in [0.25, 0.3) is 5.91 Å². The molecule has 1 amide bonds. The van der Waals surface area contributed by atoms with E-state index in [0.717, 1.165) is 60.9 Å². The zero-order chi connectivity index (χ0) is 25.7. The number of halogens is 1. The summed E-state index contributed by atoms with van der Waals surface area (Å²) in [4.78, 5) is 17.5. The van der Waals surface area contributed by atoms with Crippen molar-refractivity contribution in [1.82, 2.24) is 4.98 Å². The molecule has 1 saturated carbocycles. The monoisotopic (exact) mass is 548 g/mol. The summed E-state index contributed by atoms with van der Waals surface area (Å²) in [6.07, 6.45) is 6.63. The van der Waals surface area contributed by atoms with E-state index in [0.29, 0.717) is 11.5 Å². The van der Waals surface area contributed by atoms with Gasteiger partial charge in [0.2, 0.25) is 0 Å². The number of hydrogen-bond acceptors (Lipinski definition) is 3. The molecule has 3 aromatic rings. The van der Waals surface area contributed by atoms with Crippen molar-refractivity contribution in [2.45, 2.75) is 77.2 Å². The predicted molar refractivity (Wildman–Crippen MR) is 151 cm³/mol. The number of fused-ring (bicyclic) bond motifs is 3. The van der Waals surface area contributed by atoms with Crippen molar-refractivity contribution in [3.05, 3.63) is 93.2 Å². The SMILES string of the molecule is CC.Cc1nc(Br)ccc1NC(=O)c1ccc2c(c1)CCCC1CC(O)CCC21Cc1ccccc1. The number of nitrogens with one attached hydrogen (secondary N) is 1. The first-order valence-corrected chi connectivity index (χ1v) is 14.0.